The Hall–Kier alpha value is -0.810. The molecule has 4 nitrogen and oxygen atoms in total. The molecule has 0 saturated carbocycles. The first-order valence-corrected chi connectivity index (χ1v) is 7.32. The molecule has 0 aliphatic heterocycles. The lowest BCUT2D eigenvalue weighted by molar-refractivity contribution is 0.0667. The number of alkyl halides is 1. The number of hydrogen-bond donors (Lipinski definition) is 0. The second kappa shape index (κ2) is 7.27. The second-order valence-electron chi connectivity index (χ2n) is 4.45. The van der Waals surface area contributed by atoms with Crippen LogP contribution in [-0.2, 0) is 16.0 Å². The molecule has 0 amide bonds. The summed E-state index contributed by atoms with van der Waals surface area (Å²) >= 11 is 12.4. The number of hydrogen-bond acceptors (Lipinski definition) is 3. The highest BCUT2D eigenvalue weighted by atomic mass is 35.5. The largest absolute Gasteiger partial charge is 0.382 e. The van der Waals surface area contributed by atoms with Crippen LogP contribution in [-0.4, -0.2) is 36.5 Å². The van der Waals surface area contributed by atoms with Crippen molar-refractivity contribution in [1.29, 1.82) is 0 Å². The maximum atomic E-state index is 6.21. The number of rotatable bonds is 7. The summed E-state index contributed by atoms with van der Waals surface area (Å²) in [5.74, 6) is 0.810. The third kappa shape index (κ3) is 3.44. The summed E-state index contributed by atoms with van der Waals surface area (Å²) in [6.45, 7) is 4.34. The van der Waals surface area contributed by atoms with E-state index in [4.69, 9.17) is 32.7 Å². The predicted octanol–water partition coefficient (Wildman–Crippen LogP) is 3.65. The maximum absolute atomic E-state index is 6.21. The zero-order chi connectivity index (χ0) is 14.5. The van der Waals surface area contributed by atoms with Gasteiger partial charge in [-0.1, -0.05) is 17.7 Å². The molecule has 0 aliphatic carbocycles. The van der Waals surface area contributed by atoms with E-state index in [1.165, 1.54) is 0 Å². The Balaban J connectivity index is 2.21. The first kappa shape index (κ1) is 15.6. The molecule has 110 valence electrons. The van der Waals surface area contributed by atoms with Gasteiger partial charge in [-0.2, -0.15) is 0 Å². The molecule has 1 aromatic carbocycles. The van der Waals surface area contributed by atoms with Gasteiger partial charge in [0, 0.05) is 13.7 Å². The van der Waals surface area contributed by atoms with Crippen LogP contribution in [0.5, 0.6) is 0 Å². The van der Waals surface area contributed by atoms with Crippen LogP contribution in [0.2, 0.25) is 5.02 Å². The Morgan fingerprint density at radius 2 is 2.10 bits per heavy atom. The van der Waals surface area contributed by atoms with Gasteiger partial charge >= 0.3 is 0 Å². The molecule has 1 atom stereocenters. The van der Waals surface area contributed by atoms with Crippen LogP contribution in [0.1, 0.15) is 18.1 Å². The van der Waals surface area contributed by atoms with E-state index in [1.807, 2.05) is 25.1 Å². The Morgan fingerprint density at radius 3 is 2.80 bits per heavy atom. The van der Waals surface area contributed by atoms with Gasteiger partial charge in [0.25, 0.3) is 0 Å². The number of para-hydroxylation sites is 1. The van der Waals surface area contributed by atoms with Crippen molar-refractivity contribution >= 4 is 34.2 Å². The molecule has 0 N–H and O–H groups in total. The molecule has 2 rings (SSSR count). The van der Waals surface area contributed by atoms with Crippen LogP contribution in [0.25, 0.3) is 11.0 Å². The van der Waals surface area contributed by atoms with Gasteiger partial charge in [0.15, 0.2) is 0 Å². The fraction of sp³-hybridized carbons (Fsp3) is 0.500. The summed E-state index contributed by atoms with van der Waals surface area (Å²) < 4.78 is 12.5. The lowest BCUT2D eigenvalue weighted by Crippen LogP contribution is -2.12. The van der Waals surface area contributed by atoms with Gasteiger partial charge in [0.1, 0.15) is 11.3 Å². The number of halogens is 2. The summed E-state index contributed by atoms with van der Waals surface area (Å²) in [5.41, 5.74) is 1.77. The lowest BCUT2D eigenvalue weighted by Gasteiger charge is -2.10. The third-order valence-electron chi connectivity index (χ3n) is 3.01. The molecule has 0 radical (unpaired) electrons. The minimum Gasteiger partial charge on any atom is -0.382 e. The molecule has 1 heterocycles. The molecule has 20 heavy (non-hydrogen) atoms. The van der Waals surface area contributed by atoms with Crippen LogP contribution in [0.4, 0.5) is 0 Å². The number of nitrogens with zero attached hydrogens (tertiary/aromatic N) is 2. The molecule has 1 aromatic heterocycles. The van der Waals surface area contributed by atoms with Crippen molar-refractivity contribution in [1.82, 2.24) is 9.55 Å². The molecule has 2 aromatic rings. The molecule has 0 fully saturated rings. The zero-order valence-electron chi connectivity index (χ0n) is 11.6. The molecule has 6 heteroatoms. The Labute approximate surface area is 128 Å². The Bertz CT molecular complexity index is 570. The summed E-state index contributed by atoms with van der Waals surface area (Å²) in [7, 11) is 1.65. The quantitative estimate of drug-likeness (QED) is 0.578. The topological polar surface area (TPSA) is 36.3 Å². The van der Waals surface area contributed by atoms with Crippen LogP contribution in [0.3, 0.4) is 0 Å². The summed E-state index contributed by atoms with van der Waals surface area (Å²) in [6, 6.07) is 5.74. The highest BCUT2D eigenvalue weighted by molar-refractivity contribution is 6.35. The standard InChI is InChI=1S/C14H18Cl2N2O2/c1-10(15)14-17-13-11(16)4-3-5-12(13)18(14)6-7-20-9-8-19-2/h3-5,10H,6-9H2,1-2H3. The van der Waals surface area contributed by atoms with Gasteiger partial charge in [-0.25, -0.2) is 4.98 Å². The predicted molar refractivity (Wildman–Crippen MR) is 81.7 cm³/mol. The van der Waals surface area contributed by atoms with Crippen molar-refractivity contribution in [3.8, 4) is 0 Å². The van der Waals surface area contributed by atoms with Crippen molar-refractivity contribution in [2.24, 2.45) is 0 Å². The molecule has 0 aliphatic rings. The van der Waals surface area contributed by atoms with Gasteiger partial charge in [0.2, 0.25) is 0 Å². The average molecular weight is 317 g/mol. The molecule has 1 unspecified atom stereocenters. The van der Waals surface area contributed by atoms with Crippen LogP contribution < -0.4 is 0 Å². The Kier molecular flexibility index (Phi) is 5.66. The summed E-state index contributed by atoms with van der Waals surface area (Å²) in [6.07, 6.45) is 0. The number of benzene rings is 1. The highest BCUT2D eigenvalue weighted by Crippen LogP contribution is 2.28. The van der Waals surface area contributed by atoms with Crippen molar-refractivity contribution in [3.63, 3.8) is 0 Å². The van der Waals surface area contributed by atoms with E-state index in [0.29, 0.717) is 31.4 Å². The molecule has 0 spiro atoms. The number of fused-ring (bicyclic) bond motifs is 1. The van der Waals surface area contributed by atoms with E-state index in [-0.39, 0.29) is 5.38 Å². The molecule has 0 saturated heterocycles. The third-order valence-corrected chi connectivity index (χ3v) is 3.51. The number of aromatic nitrogens is 2. The first-order chi connectivity index (χ1) is 9.65. The van der Waals surface area contributed by atoms with Crippen LogP contribution in [0.15, 0.2) is 18.2 Å². The summed E-state index contributed by atoms with van der Waals surface area (Å²) in [4.78, 5) is 4.55. The molecule has 0 bridgehead atoms. The van der Waals surface area contributed by atoms with E-state index in [2.05, 4.69) is 9.55 Å². The van der Waals surface area contributed by atoms with Crippen LogP contribution >= 0.6 is 23.2 Å². The van der Waals surface area contributed by atoms with Gasteiger partial charge in [-0.15, -0.1) is 11.6 Å². The fourth-order valence-electron chi connectivity index (χ4n) is 2.07. The number of ether oxygens (including phenoxy) is 2. The van der Waals surface area contributed by atoms with Crippen molar-refractivity contribution in [2.45, 2.75) is 18.8 Å². The van der Waals surface area contributed by atoms with E-state index in [0.717, 1.165) is 16.9 Å². The van der Waals surface area contributed by atoms with Gasteiger partial charge in [0.05, 0.1) is 35.7 Å². The van der Waals surface area contributed by atoms with E-state index < -0.39 is 0 Å². The second-order valence-corrected chi connectivity index (χ2v) is 5.51. The molecular weight excluding hydrogens is 299 g/mol. The van der Waals surface area contributed by atoms with E-state index in [9.17, 15) is 0 Å². The highest BCUT2D eigenvalue weighted by Gasteiger charge is 2.16. The first-order valence-electron chi connectivity index (χ1n) is 6.50. The zero-order valence-corrected chi connectivity index (χ0v) is 13.1. The minimum atomic E-state index is -0.183. The Morgan fingerprint density at radius 1 is 1.30 bits per heavy atom. The molecular formula is C14H18Cl2N2O2. The van der Waals surface area contributed by atoms with Crippen molar-refractivity contribution in [3.05, 3.63) is 29.0 Å². The fourth-order valence-corrected chi connectivity index (χ4v) is 2.45. The van der Waals surface area contributed by atoms with E-state index >= 15 is 0 Å². The van der Waals surface area contributed by atoms with Crippen molar-refractivity contribution < 1.29 is 9.47 Å². The summed E-state index contributed by atoms with van der Waals surface area (Å²) in [5, 5.41) is 0.456. The SMILES string of the molecule is COCCOCCn1c(C(C)Cl)nc2c(Cl)cccc21. The number of methoxy groups -OCH3 is 1. The van der Waals surface area contributed by atoms with Crippen LogP contribution in [0, 0.1) is 0 Å². The minimum absolute atomic E-state index is 0.183. The number of imidazole rings is 1. The van der Waals surface area contributed by atoms with Gasteiger partial charge < -0.3 is 14.0 Å². The maximum Gasteiger partial charge on any atom is 0.127 e. The average Bonchev–Trinajstić information content (AvgIpc) is 2.79. The normalized spacial score (nSPS) is 13.0. The van der Waals surface area contributed by atoms with E-state index in [1.54, 1.807) is 7.11 Å². The monoisotopic (exact) mass is 316 g/mol. The lowest BCUT2D eigenvalue weighted by atomic mass is 10.3. The van der Waals surface area contributed by atoms with Gasteiger partial charge in [-0.3, -0.25) is 0 Å². The van der Waals surface area contributed by atoms with Crippen molar-refractivity contribution in [2.75, 3.05) is 26.9 Å². The van der Waals surface area contributed by atoms with Gasteiger partial charge in [-0.05, 0) is 19.1 Å². The smallest absolute Gasteiger partial charge is 0.127 e.